The van der Waals surface area contributed by atoms with Crippen LogP contribution in [-0.4, -0.2) is 29.5 Å². The maximum absolute atomic E-state index is 10.9. The molecule has 0 N–H and O–H groups in total. The third-order valence-corrected chi connectivity index (χ3v) is 2.40. The molecule has 0 amide bonds. The molecule has 90 valence electrons. The van der Waals surface area contributed by atoms with Crippen molar-refractivity contribution in [3.63, 3.8) is 0 Å². The largest absolute Gasteiger partial charge is 0.293 e. The average Bonchev–Trinajstić information content (AvgIpc) is 2.37. The molecule has 1 heterocycles. The van der Waals surface area contributed by atoms with Gasteiger partial charge < -0.3 is 0 Å². The fraction of sp³-hybridized carbons (Fsp3) is 0.308. The molecule has 17 heavy (non-hydrogen) atoms. The average molecular weight is 231 g/mol. The van der Waals surface area contributed by atoms with E-state index in [1.807, 2.05) is 6.07 Å². The van der Waals surface area contributed by atoms with Crippen LogP contribution in [0.1, 0.15) is 11.6 Å². The van der Waals surface area contributed by atoms with E-state index < -0.39 is 6.04 Å². The number of nitrogens with zero attached hydrogens (tertiary/aromatic N) is 3. The fourth-order valence-electron chi connectivity index (χ4n) is 1.61. The van der Waals surface area contributed by atoms with Gasteiger partial charge in [-0.3, -0.25) is 9.88 Å². The van der Waals surface area contributed by atoms with Gasteiger partial charge in [0.2, 0.25) is 0 Å². The molecule has 0 aliphatic rings. The van der Waals surface area contributed by atoms with Crippen LogP contribution in [0.15, 0.2) is 55.0 Å². The van der Waals surface area contributed by atoms with E-state index in [1.165, 1.54) is 0 Å². The van der Waals surface area contributed by atoms with Gasteiger partial charge in [0.25, 0.3) is 0 Å². The van der Waals surface area contributed by atoms with Gasteiger partial charge >= 0.3 is 0 Å². The monoisotopic (exact) mass is 231 g/mol. The van der Waals surface area contributed by atoms with E-state index >= 15 is 0 Å². The zero-order valence-electron chi connectivity index (χ0n) is 9.83. The first-order chi connectivity index (χ1) is 8.31. The number of aromatic nitrogens is 1. The summed E-state index contributed by atoms with van der Waals surface area (Å²) in [6, 6.07) is 3.27. The Morgan fingerprint density at radius 3 is 2.59 bits per heavy atom. The highest BCUT2D eigenvalue weighted by Gasteiger charge is 2.15. The summed E-state index contributed by atoms with van der Waals surface area (Å²) >= 11 is 0. The van der Waals surface area contributed by atoms with Crippen LogP contribution in [0.25, 0.3) is 0 Å². The highest BCUT2D eigenvalue weighted by molar-refractivity contribution is 5.14. The lowest BCUT2D eigenvalue weighted by atomic mass is 10.1. The van der Waals surface area contributed by atoms with Crippen molar-refractivity contribution in [3.8, 4) is 0 Å². The predicted octanol–water partition coefficient (Wildman–Crippen LogP) is 2.56. The normalized spacial score (nSPS) is 12.1. The fourth-order valence-corrected chi connectivity index (χ4v) is 1.61. The Labute approximate surface area is 102 Å². The third kappa shape index (κ3) is 4.28. The highest BCUT2D eigenvalue weighted by Crippen LogP contribution is 2.17. The molecular weight excluding hydrogens is 214 g/mol. The molecule has 1 aromatic heterocycles. The van der Waals surface area contributed by atoms with Crippen LogP contribution in [0.2, 0.25) is 0 Å². The first-order valence-electron chi connectivity index (χ1n) is 5.48. The molecule has 1 rings (SSSR count). The smallest absolute Gasteiger partial charge is 0.131 e. The summed E-state index contributed by atoms with van der Waals surface area (Å²) in [5, 5.41) is 3.16. The van der Waals surface area contributed by atoms with Gasteiger partial charge in [0, 0.05) is 32.0 Å². The Kier molecular flexibility index (Phi) is 5.82. The van der Waals surface area contributed by atoms with Crippen LogP contribution in [0.5, 0.6) is 0 Å². The van der Waals surface area contributed by atoms with E-state index in [-0.39, 0.29) is 0 Å². The van der Waals surface area contributed by atoms with Crippen molar-refractivity contribution in [1.82, 2.24) is 9.88 Å². The number of hydrogen-bond acceptors (Lipinski definition) is 4. The second kappa shape index (κ2) is 7.46. The van der Waals surface area contributed by atoms with Gasteiger partial charge in [-0.2, -0.15) is 4.91 Å². The summed E-state index contributed by atoms with van der Waals surface area (Å²) < 4.78 is 0. The molecule has 4 nitrogen and oxygen atoms in total. The molecule has 0 spiro atoms. The Bertz CT molecular complexity index is 354. The van der Waals surface area contributed by atoms with Crippen LogP contribution in [-0.2, 0) is 0 Å². The van der Waals surface area contributed by atoms with Crippen LogP contribution < -0.4 is 0 Å². The number of nitroso groups, excluding NO2 is 1. The first-order valence-corrected chi connectivity index (χ1v) is 5.48. The van der Waals surface area contributed by atoms with Crippen molar-refractivity contribution >= 4 is 0 Å². The molecule has 4 heteroatoms. The summed E-state index contributed by atoms with van der Waals surface area (Å²) in [5.74, 6) is 0. The molecule has 0 aromatic carbocycles. The Morgan fingerprint density at radius 1 is 1.41 bits per heavy atom. The molecule has 0 fully saturated rings. The van der Waals surface area contributed by atoms with E-state index in [4.69, 9.17) is 0 Å². The van der Waals surface area contributed by atoms with E-state index in [0.29, 0.717) is 19.6 Å². The van der Waals surface area contributed by atoms with Crippen molar-refractivity contribution in [2.24, 2.45) is 5.18 Å². The Balaban J connectivity index is 2.70. The van der Waals surface area contributed by atoms with Gasteiger partial charge in [-0.05, 0) is 11.6 Å². The van der Waals surface area contributed by atoms with Crippen LogP contribution >= 0.6 is 0 Å². The summed E-state index contributed by atoms with van der Waals surface area (Å²) in [4.78, 5) is 16.9. The van der Waals surface area contributed by atoms with Crippen molar-refractivity contribution in [1.29, 1.82) is 0 Å². The lowest BCUT2D eigenvalue weighted by Gasteiger charge is -2.21. The first kappa shape index (κ1) is 13.3. The molecule has 1 unspecified atom stereocenters. The predicted molar refractivity (Wildman–Crippen MR) is 69.6 cm³/mol. The second-order valence-corrected chi connectivity index (χ2v) is 3.70. The minimum atomic E-state index is -0.399. The van der Waals surface area contributed by atoms with Gasteiger partial charge in [0.1, 0.15) is 6.04 Å². The van der Waals surface area contributed by atoms with Gasteiger partial charge in [0.15, 0.2) is 0 Å². The molecule has 1 aromatic rings. The maximum atomic E-state index is 10.9. The second-order valence-electron chi connectivity index (χ2n) is 3.70. The molecule has 0 saturated carbocycles. The van der Waals surface area contributed by atoms with Crippen molar-refractivity contribution in [3.05, 3.63) is 60.3 Å². The molecule has 0 bridgehead atoms. The number of pyridine rings is 1. The molecule has 0 saturated heterocycles. The summed E-state index contributed by atoms with van der Waals surface area (Å²) in [6.07, 6.45) is 6.95. The Morgan fingerprint density at radius 2 is 2.12 bits per heavy atom. The lowest BCUT2D eigenvalue weighted by molar-refractivity contribution is 0.313. The minimum Gasteiger partial charge on any atom is -0.293 e. The number of hydrogen-bond donors (Lipinski definition) is 0. The van der Waals surface area contributed by atoms with Crippen molar-refractivity contribution in [2.75, 3.05) is 19.6 Å². The molecule has 0 radical (unpaired) electrons. The van der Waals surface area contributed by atoms with Crippen LogP contribution in [0.3, 0.4) is 0 Å². The quantitative estimate of drug-likeness (QED) is 0.510. The van der Waals surface area contributed by atoms with Gasteiger partial charge in [-0.15, -0.1) is 13.2 Å². The highest BCUT2D eigenvalue weighted by atomic mass is 16.3. The van der Waals surface area contributed by atoms with Gasteiger partial charge in [-0.1, -0.05) is 23.4 Å². The maximum Gasteiger partial charge on any atom is 0.131 e. The lowest BCUT2D eigenvalue weighted by Crippen LogP contribution is -2.28. The van der Waals surface area contributed by atoms with Gasteiger partial charge in [-0.25, -0.2) is 0 Å². The third-order valence-electron chi connectivity index (χ3n) is 2.40. The SMILES string of the molecule is C=CCN(CC=C)CC(N=O)c1cccnc1. The molecule has 1 atom stereocenters. The van der Waals surface area contributed by atoms with E-state index in [2.05, 4.69) is 28.2 Å². The minimum absolute atomic E-state index is 0.399. The summed E-state index contributed by atoms with van der Waals surface area (Å²) in [6.45, 7) is 9.35. The Hall–Kier alpha value is -1.81. The van der Waals surface area contributed by atoms with Crippen molar-refractivity contribution in [2.45, 2.75) is 6.04 Å². The molecule has 0 aliphatic carbocycles. The van der Waals surface area contributed by atoms with Crippen LogP contribution in [0.4, 0.5) is 0 Å². The van der Waals surface area contributed by atoms with E-state index in [0.717, 1.165) is 5.56 Å². The summed E-state index contributed by atoms with van der Waals surface area (Å²) in [5.41, 5.74) is 0.834. The van der Waals surface area contributed by atoms with Gasteiger partial charge in [0.05, 0.1) is 0 Å². The topological polar surface area (TPSA) is 45.6 Å². The van der Waals surface area contributed by atoms with Crippen LogP contribution in [0, 0.1) is 4.91 Å². The van der Waals surface area contributed by atoms with E-state index in [1.54, 1.807) is 30.6 Å². The number of rotatable bonds is 8. The standard InChI is InChI=1S/C13H17N3O/c1-3-8-16(9-4-2)11-13(15-17)12-6-5-7-14-10-12/h3-7,10,13H,1-2,8-9,11H2. The summed E-state index contributed by atoms with van der Waals surface area (Å²) in [7, 11) is 0. The molecule has 0 aliphatic heterocycles. The zero-order valence-corrected chi connectivity index (χ0v) is 9.83. The van der Waals surface area contributed by atoms with E-state index in [9.17, 15) is 4.91 Å². The van der Waals surface area contributed by atoms with Crippen molar-refractivity contribution < 1.29 is 0 Å². The zero-order chi connectivity index (χ0) is 12.5. The molecular formula is C13H17N3O.